The molecule has 2 aromatic rings. The molecular weight excluding hydrogens is 402 g/mol. The third-order valence-corrected chi connectivity index (χ3v) is 6.10. The quantitative estimate of drug-likeness (QED) is 0.803. The first-order valence-electron chi connectivity index (χ1n) is 8.62. The first-order valence-corrected chi connectivity index (χ1v) is 10.8. The average Bonchev–Trinajstić information content (AvgIpc) is 3.07. The highest BCUT2D eigenvalue weighted by atomic mass is 35.5. The minimum atomic E-state index is -3.46. The summed E-state index contributed by atoms with van der Waals surface area (Å²) in [6.45, 7) is 0.695. The molecule has 0 radical (unpaired) electrons. The lowest BCUT2D eigenvalue weighted by Gasteiger charge is -2.18. The van der Waals surface area contributed by atoms with E-state index in [1.807, 2.05) is 0 Å². The fraction of sp³-hybridized carbons (Fsp3) is 0.263. The summed E-state index contributed by atoms with van der Waals surface area (Å²) in [6.07, 6.45) is 2.47. The van der Waals surface area contributed by atoms with E-state index >= 15 is 0 Å². The van der Waals surface area contributed by atoms with Crippen LogP contribution >= 0.6 is 11.6 Å². The van der Waals surface area contributed by atoms with Crippen LogP contribution in [0.4, 0.5) is 17.1 Å². The van der Waals surface area contributed by atoms with E-state index in [1.165, 1.54) is 25.2 Å². The Labute approximate surface area is 168 Å². The van der Waals surface area contributed by atoms with Gasteiger partial charge < -0.3 is 10.2 Å². The van der Waals surface area contributed by atoms with Crippen LogP contribution in [-0.4, -0.2) is 40.1 Å². The van der Waals surface area contributed by atoms with Crippen LogP contribution in [0.5, 0.6) is 0 Å². The number of amides is 2. The zero-order valence-electron chi connectivity index (χ0n) is 15.5. The topological polar surface area (TPSA) is 86.8 Å². The number of hydrogen-bond donors (Lipinski definition) is 1. The molecule has 1 saturated heterocycles. The maximum absolute atomic E-state index is 12.6. The molecule has 0 bridgehead atoms. The Morgan fingerprint density at radius 3 is 2.43 bits per heavy atom. The third kappa shape index (κ3) is 4.28. The van der Waals surface area contributed by atoms with Gasteiger partial charge >= 0.3 is 0 Å². The van der Waals surface area contributed by atoms with Gasteiger partial charge in [0.25, 0.3) is 5.91 Å². The van der Waals surface area contributed by atoms with Crippen LogP contribution in [0.15, 0.2) is 42.5 Å². The molecule has 148 valence electrons. The van der Waals surface area contributed by atoms with Gasteiger partial charge in [0.1, 0.15) is 0 Å². The monoisotopic (exact) mass is 421 g/mol. The molecule has 0 aliphatic carbocycles. The average molecular weight is 422 g/mol. The molecule has 3 rings (SSSR count). The lowest BCUT2D eigenvalue weighted by molar-refractivity contribution is -0.117. The van der Waals surface area contributed by atoms with Crippen LogP contribution in [0.1, 0.15) is 23.2 Å². The number of benzene rings is 2. The zero-order valence-corrected chi connectivity index (χ0v) is 17.0. The van der Waals surface area contributed by atoms with E-state index in [-0.39, 0.29) is 16.5 Å². The van der Waals surface area contributed by atoms with Crippen LogP contribution in [-0.2, 0) is 14.8 Å². The van der Waals surface area contributed by atoms with Gasteiger partial charge in [-0.2, -0.15) is 0 Å². The Morgan fingerprint density at radius 1 is 1.18 bits per heavy atom. The molecule has 0 atom stereocenters. The Kier molecular flexibility index (Phi) is 5.62. The van der Waals surface area contributed by atoms with Gasteiger partial charge in [-0.25, -0.2) is 8.42 Å². The Hall–Kier alpha value is -2.58. The number of hydrogen-bond acceptors (Lipinski definition) is 4. The van der Waals surface area contributed by atoms with E-state index in [0.29, 0.717) is 24.3 Å². The Balaban J connectivity index is 1.78. The first kappa shape index (κ1) is 20.2. The van der Waals surface area contributed by atoms with Crippen LogP contribution in [0, 0.1) is 0 Å². The lowest BCUT2D eigenvalue weighted by atomic mass is 10.1. The molecular formula is C19H20ClN3O4S. The fourth-order valence-electron chi connectivity index (χ4n) is 2.92. The maximum Gasteiger partial charge on any atom is 0.257 e. The van der Waals surface area contributed by atoms with E-state index in [2.05, 4.69) is 5.32 Å². The molecule has 0 unspecified atom stereocenters. The van der Waals surface area contributed by atoms with Gasteiger partial charge in [0.2, 0.25) is 15.9 Å². The number of nitrogens with zero attached hydrogens (tertiary/aromatic N) is 2. The summed E-state index contributed by atoms with van der Waals surface area (Å²) >= 11 is 6.13. The van der Waals surface area contributed by atoms with Crippen molar-refractivity contribution in [3.05, 3.63) is 53.1 Å². The van der Waals surface area contributed by atoms with Gasteiger partial charge in [0.15, 0.2) is 0 Å². The second kappa shape index (κ2) is 7.81. The highest BCUT2D eigenvalue weighted by Crippen LogP contribution is 2.26. The molecule has 2 amide bonds. The van der Waals surface area contributed by atoms with E-state index in [4.69, 9.17) is 11.6 Å². The minimum absolute atomic E-state index is 0.0929. The minimum Gasteiger partial charge on any atom is -0.322 e. The lowest BCUT2D eigenvalue weighted by Crippen LogP contribution is -2.25. The number of rotatable bonds is 5. The van der Waals surface area contributed by atoms with E-state index < -0.39 is 15.9 Å². The molecule has 0 spiro atoms. The molecule has 28 heavy (non-hydrogen) atoms. The van der Waals surface area contributed by atoms with Crippen molar-refractivity contribution in [2.75, 3.05) is 34.4 Å². The summed E-state index contributed by atoms with van der Waals surface area (Å²) in [5.74, 6) is -0.367. The van der Waals surface area contributed by atoms with Crippen molar-refractivity contribution in [2.45, 2.75) is 12.8 Å². The van der Waals surface area contributed by atoms with Crippen molar-refractivity contribution in [3.63, 3.8) is 0 Å². The van der Waals surface area contributed by atoms with Crippen LogP contribution in [0.3, 0.4) is 0 Å². The maximum atomic E-state index is 12.6. The first-order chi connectivity index (χ1) is 13.2. The molecule has 1 N–H and O–H groups in total. The SMILES string of the molecule is CN(c1ccc(Cl)c(C(=O)Nc2ccc(N3CCCC3=O)cc2)c1)S(C)(=O)=O. The van der Waals surface area contributed by atoms with Crippen molar-refractivity contribution in [1.82, 2.24) is 0 Å². The molecule has 0 saturated carbocycles. The Morgan fingerprint density at radius 2 is 1.86 bits per heavy atom. The van der Waals surface area contributed by atoms with Gasteiger partial charge in [0, 0.05) is 31.4 Å². The predicted molar refractivity (Wildman–Crippen MR) is 111 cm³/mol. The zero-order chi connectivity index (χ0) is 20.5. The molecule has 1 heterocycles. The van der Waals surface area contributed by atoms with Crippen LogP contribution in [0.25, 0.3) is 0 Å². The van der Waals surface area contributed by atoms with Crippen LogP contribution < -0.4 is 14.5 Å². The summed E-state index contributed by atoms with van der Waals surface area (Å²) in [5.41, 5.74) is 1.82. The van der Waals surface area contributed by atoms with Crippen LogP contribution in [0.2, 0.25) is 5.02 Å². The largest absolute Gasteiger partial charge is 0.322 e. The molecule has 1 aliphatic heterocycles. The molecule has 9 heteroatoms. The summed E-state index contributed by atoms with van der Waals surface area (Å²) in [7, 11) is -2.06. The third-order valence-electron chi connectivity index (χ3n) is 4.57. The summed E-state index contributed by atoms with van der Waals surface area (Å²) in [6, 6.07) is 11.4. The number of carbonyl (C=O) groups is 2. The standard InChI is InChI=1S/C19H20ClN3O4S/c1-22(28(2,26)27)15-9-10-17(20)16(12-15)19(25)21-13-5-7-14(8-6-13)23-11-3-4-18(23)24/h5-10,12H,3-4,11H2,1-2H3,(H,21,25). The summed E-state index contributed by atoms with van der Waals surface area (Å²) in [5, 5.41) is 2.95. The second-order valence-electron chi connectivity index (χ2n) is 6.54. The summed E-state index contributed by atoms with van der Waals surface area (Å²) in [4.78, 5) is 26.2. The normalized spacial score (nSPS) is 14.2. The van der Waals surface area contributed by atoms with Gasteiger partial charge in [-0.1, -0.05) is 11.6 Å². The Bertz CT molecular complexity index is 1020. The number of halogens is 1. The van der Waals surface area contributed by atoms with E-state index in [0.717, 1.165) is 22.7 Å². The van der Waals surface area contributed by atoms with Crippen molar-refractivity contribution in [2.24, 2.45) is 0 Å². The highest BCUT2D eigenvalue weighted by Gasteiger charge is 2.22. The fourth-order valence-corrected chi connectivity index (χ4v) is 3.62. The number of anilines is 3. The van der Waals surface area contributed by atoms with Gasteiger partial charge in [-0.3, -0.25) is 13.9 Å². The molecule has 2 aromatic carbocycles. The van der Waals surface area contributed by atoms with Crippen molar-refractivity contribution in [1.29, 1.82) is 0 Å². The van der Waals surface area contributed by atoms with Gasteiger partial charge in [-0.15, -0.1) is 0 Å². The number of nitrogens with one attached hydrogen (secondary N) is 1. The molecule has 0 aromatic heterocycles. The smallest absolute Gasteiger partial charge is 0.257 e. The molecule has 1 aliphatic rings. The summed E-state index contributed by atoms with van der Waals surface area (Å²) < 4.78 is 24.5. The van der Waals surface area contributed by atoms with E-state index in [9.17, 15) is 18.0 Å². The van der Waals surface area contributed by atoms with Gasteiger partial charge in [-0.05, 0) is 48.9 Å². The molecule has 1 fully saturated rings. The van der Waals surface area contributed by atoms with E-state index in [1.54, 1.807) is 29.2 Å². The number of carbonyl (C=O) groups excluding carboxylic acids is 2. The van der Waals surface area contributed by atoms with Crippen molar-refractivity contribution >= 4 is 50.5 Å². The second-order valence-corrected chi connectivity index (χ2v) is 8.97. The van der Waals surface area contributed by atoms with Crippen molar-refractivity contribution in [3.8, 4) is 0 Å². The number of sulfonamides is 1. The van der Waals surface area contributed by atoms with Crippen molar-refractivity contribution < 1.29 is 18.0 Å². The highest BCUT2D eigenvalue weighted by molar-refractivity contribution is 7.92. The molecule has 7 nitrogen and oxygen atoms in total. The predicted octanol–water partition coefficient (Wildman–Crippen LogP) is 3.11. The van der Waals surface area contributed by atoms with Gasteiger partial charge in [0.05, 0.1) is 22.5 Å².